The zero-order valence-corrected chi connectivity index (χ0v) is 11.0. The van der Waals surface area contributed by atoms with Crippen molar-refractivity contribution in [2.24, 2.45) is 0 Å². The quantitative estimate of drug-likeness (QED) is 0.840. The molecule has 0 unspecified atom stereocenters. The molecule has 0 aliphatic rings. The van der Waals surface area contributed by atoms with Gasteiger partial charge in [0.15, 0.2) is 0 Å². The second-order valence-electron chi connectivity index (χ2n) is 4.52. The van der Waals surface area contributed by atoms with Crippen LogP contribution in [-0.2, 0) is 13.1 Å². The highest BCUT2D eigenvalue weighted by atomic mass is 19.1. The Morgan fingerprint density at radius 1 is 1.21 bits per heavy atom. The van der Waals surface area contributed by atoms with Crippen LogP contribution in [0.2, 0.25) is 0 Å². The van der Waals surface area contributed by atoms with Gasteiger partial charge in [-0.3, -0.25) is 9.88 Å². The molecule has 0 radical (unpaired) electrons. The Kier molecular flexibility index (Phi) is 4.47. The first-order valence-electron chi connectivity index (χ1n) is 6.34. The first kappa shape index (κ1) is 13.5. The lowest BCUT2D eigenvalue weighted by molar-refractivity contribution is 0.268. The third-order valence-corrected chi connectivity index (χ3v) is 2.95. The summed E-state index contributed by atoms with van der Waals surface area (Å²) >= 11 is 0. The standard InChI is InChI=1S/C15H18FN3/c1-2-19(11-15-5-3-4-6-18-15)10-12-7-13(16)9-14(17)8-12/h3-9H,2,10-11,17H2,1H3. The summed E-state index contributed by atoms with van der Waals surface area (Å²) in [4.78, 5) is 6.49. The molecule has 0 aliphatic heterocycles. The highest BCUT2D eigenvalue weighted by Crippen LogP contribution is 2.14. The average molecular weight is 259 g/mol. The second-order valence-corrected chi connectivity index (χ2v) is 4.52. The highest BCUT2D eigenvalue weighted by molar-refractivity contribution is 5.41. The topological polar surface area (TPSA) is 42.1 Å². The molecule has 0 bridgehead atoms. The summed E-state index contributed by atoms with van der Waals surface area (Å²) in [7, 11) is 0. The number of benzene rings is 1. The summed E-state index contributed by atoms with van der Waals surface area (Å²) in [6.07, 6.45) is 1.78. The van der Waals surface area contributed by atoms with E-state index in [4.69, 9.17) is 5.73 Å². The third kappa shape index (κ3) is 4.03. The summed E-state index contributed by atoms with van der Waals surface area (Å²) in [5.41, 5.74) is 8.01. The lowest BCUT2D eigenvalue weighted by atomic mass is 10.1. The van der Waals surface area contributed by atoms with Crippen LogP contribution in [0.3, 0.4) is 0 Å². The Morgan fingerprint density at radius 3 is 2.68 bits per heavy atom. The predicted octanol–water partition coefficient (Wildman–Crippen LogP) is 2.83. The van der Waals surface area contributed by atoms with Crippen molar-refractivity contribution in [1.82, 2.24) is 9.88 Å². The van der Waals surface area contributed by atoms with Crippen molar-refractivity contribution in [2.75, 3.05) is 12.3 Å². The van der Waals surface area contributed by atoms with Gasteiger partial charge in [-0.15, -0.1) is 0 Å². The van der Waals surface area contributed by atoms with Crippen LogP contribution in [-0.4, -0.2) is 16.4 Å². The first-order valence-corrected chi connectivity index (χ1v) is 6.34. The van der Waals surface area contributed by atoms with Crippen LogP contribution in [0, 0.1) is 5.82 Å². The molecular formula is C15H18FN3. The normalized spacial score (nSPS) is 10.9. The van der Waals surface area contributed by atoms with Gasteiger partial charge < -0.3 is 5.73 Å². The Balaban J connectivity index is 2.06. The van der Waals surface area contributed by atoms with Crippen LogP contribution in [0.25, 0.3) is 0 Å². The zero-order chi connectivity index (χ0) is 13.7. The van der Waals surface area contributed by atoms with Gasteiger partial charge in [-0.05, 0) is 42.4 Å². The van der Waals surface area contributed by atoms with E-state index in [9.17, 15) is 4.39 Å². The van der Waals surface area contributed by atoms with Crippen molar-refractivity contribution in [3.8, 4) is 0 Å². The summed E-state index contributed by atoms with van der Waals surface area (Å²) in [5.74, 6) is -0.288. The van der Waals surface area contributed by atoms with Gasteiger partial charge in [0.2, 0.25) is 0 Å². The van der Waals surface area contributed by atoms with Gasteiger partial charge in [0, 0.05) is 25.0 Å². The number of pyridine rings is 1. The lowest BCUT2D eigenvalue weighted by Gasteiger charge is -2.20. The number of aromatic nitrogens is 1. The van der Waals surface area contributed by atoms with Gasteiger partial charge in [-0.1, -0.05) is 13.0 Å². The monoisotopic (exact) mass is 259 g/mol. The first-order chi connectivity index (χ1) is 9.17. The minimum atomic E-state index is -0.288. The maximum absolute atomic E-state index is 13.3. The van der Waals surface area contributed by atoms with Gasteiger partial charge in [-0.2, -0.15) is 0 Å². The fourth-order valence-electron chi connectivity index (χ4n) is 2.03. The second kappa shape index (κ2) is 6.29. The minimum absolute atomic E-state index is 0.288. The summed E-state index contributed by atoms with van der Waals surface area (Å²) in [5, 5.41) is 0. The molecule has 100 valence electrons. The van der Waals surface area contributed by atoms with Gasteiger partial charge in [-0.25, -0.2) is 4.39 Å². The highest BCUT2D eigenvalue weighted by Gasteiger charge is 2.07. The zero-order valence-electron chi connectivity index (χ0n) is 11.0. The van der Waals surface area contributed by atoms with Gasteiger partial charge in [0.1, 0.15) is 5.82 Å². The molecule has 0 fully saturated rings. The van der Waals surface area contributed by atoms with Crippen molar-refractivity contribution in [2.45, 2.75) is 20.0 Å². The van der Waals surface area contributed by atoms with Crippen molar-refractivity contribution in [3.05, 3.63) is 59.7 Å². The molecular weight excluding hydrogens is 241 g/mol. The van der Waals surface area contributed by atoms with E-state index in [0.29, 0.717) is 12.2 Å². The number of hydrogen-bond donors (Lipinski definition) is 1. The number of halogens is 1. The van der Waals surface area contributed by atoms with Crippen molar-refractivity contribution in [1.29, 1.82) is 0 Å². The van der Waals surface area contributed by atoms with E-state index in [1.54, 1.807) is 6.20 Å². The number of nitrogens with zero attached hydrogens (tertiary/aromatic N) is 2. The molecule has 2 aromatic rings. The molecule has 1 aromatic carbocycles. The van der Waals surface area contributed by atoms with Gasteiger partial charge >= 0.3 is 0 Å². The fourth-order valence-corrected chi connectivity index (χ4v) is 2.03. The Morgan fingerprint density at radius 2 is 2.05 bits per heavy atom. The molecule has 19 heavy (non-hydrogen) atoms. The molecule has 0 amide bonds. The van der Waals surface area contributed by atoms with Crippen LogP contribution in [0.4, 0.5) is 10.1 Å². The van der Waals surface area contributed by atoms with Crippen LogP contribution in [0.5, 0.6) is 0 Å². The Labute approximate surface area is 112 Å². The fraction of sp³-hybridized carbons (Fsp3) is 0.267. The Hall–Kier alpha value is -1.94. The number of hydrogen-bond acceptors (Lipinski definition) is 3. The van der Waals surface area contributed by atoms with Crippen LogP contribution in [0.1, 0.15) is 18.2 Å². The molecule has 3 nitrogen and oxygen atoms in total. The molecule has 1 heterocycles. The van der Waals surface area contributed by atoms with Crippen molar-refractivity contribution < 1.29 is 4.39 Å². The minimum Gasteiger partial charge on any atom is -0.399 e. The van der Waals surface area contributed by atoms with E-state index in [-0.39, 0.29) is 5.82 Å². The molecule has 0 saturated carbocycles. The smallest absolute Gasteiger partial charge is 0.125 e. The van der Waals surface area contributed by atoms with Crippen molar-refractivity contribution >= 4 is 5.69 Å². The number of anilines is 1. The van der Waals surface area contributed by atoms with E-state index in [2.05, 4.69) is 16.8 Å². The summed E-state index contributed by atoms with van der Waals surface area (Å²) in [6, 6.07) is 10.5. The van der Waals surface area contributed by atoms with E-state index >= 15 is 0 Å². The maximum atomic E-state index is 13.3. The summed E-state index contributed by atoms with van der Waals surface area (Å²) < 4.78 is 13.3. The molecule has 4 heteroatoms. The lowest BCUT2D eigenvalue weighted by Crippen LogP contribution is -2.23. The molecule has 2 N–H and O–H groups in total. The third-order valence-electron chi connectivity index (χ3n) is 2.95. The van der Waals surface area contributed by atoms with Crippen LogP contribution in [0.15, 0.2) is 42.6 Å². The van der Waals surface area contributed by atoms with E-state index in [1.807, 2.05) is 24.3 Å². The SMILES string of the molecule is CCN(Cc1cc(N)cc(F)c1)Cc1ccccn1. The molecule has 0 atom stereocenters. The van der Waals surface area contributed by atoms with Crippen molar-refractivity contribution in [3.63, 3.8) is 0 Å². The van der Waals surface area contributed by atoms with E-state index < -0.39 is 0 Å². The molecule has 2 rings (SSSR count). The van der Waals surface area contributed by atoms with Gasteiger partial charge in [0.25, 0.3) is 0 Å². The molecule has 0 saturated heterocycles. The maximum Gasteiger partial charge on any atom is 0.125 e. The summed E-state index contributed by atoms with van der Waals surface area (Å²) in [6.45, 7) is 4.35. The average Bonchev–Trinajstić information content (AvgIpc) is 2.38. The van der Waals surface area contributed by atoms with E-state index in [0.717, 1.165) is 24.3 Å². The van der Waals surface area contributed by atoms with Crippen LogP contribution >= 0.6 is 0 Å². The van der Waals surface area contributed by atoms with Gasteiger partial charge in [0.05, 0.1) is 5.69 Å². The molecule has 0 spiro atoms. The molecule has 1 aromatic heterocycles. The predicted molar refractivity (Wildman–Crippen MR) is 74.8 cm³/mol. The Bertz CT molecular complexity index is 508. The number of nitrogen functional groups attached to an aromatic ring is 1. The van der Waals surface area contributed by atoms with E-state index in [1.165, 1.54) is 12.1 Å². The molecule has 0 aliphatic carbocycles. The number of nitrogens with two attached hydrogens (primary N) is 1. The largest absolute Gasteiger partial charge is 0.399 e. The number of rotatable bonds is 5. The van der Waals surface area contributed by atoms with Crippen LogP contribution < -0.4 is 5.73 Å².